The highest BCUT2D eigenvalue weighted by molar-refractivity contribution is 6.42. The molecule has 0 aliphatic carbocycles. The highest BCUT2D eigenvalue weighted by atomic mass is 19.4. The van der Waals surface area contributed by atoms with Crippen molar-refractivity contribution in [1.29, 1.82) is 0 Å². The number of nitrogens with zero attached hydrogens (tertiary/aromatic N) is 3. The second kappa shape index (κ2) is 9.69. The van der Waals surface area contributed by atoms with Gasteiger partial charge in [-0.3, -0.25) is 19.4 Å². The van der Waals surface area contributed by atoms with Gasteiger partial charge < -0.3 is 9.80 Å². The minimum absolute atomic E-state index is 0.122. The molecule has 9 heteroatoms. The Morgan fingerprint density at radius 3 is 2.14 bits per heavy atom. The molecule has 1 atom stereocenters. The first-order valence-corrected chi connectivity index (χ1v) is 11.0. The SMILES string of the molecule is C[C@@H]1CN(C(=O)c2ccccc2)CCN1C(=O)C(=O)c1ccc(-c2ccc(C(F)(F)F)cn2)cc1. The highest BCUT2D eigenvalue weighted by Crippen LogP contribution is 2.29. The number of hydrogen-bond acceptors (Lipinski definition) is 4. The van der Waals surface area contributed by atoms with Crippen LogP contribution in [0, 0.1) is 0 Å². The van der Waals surface area contributed by atoms with Gasteiger partial charge in [0.15, 0.2) is 0 Å². The molecule has 35 heavy (non-hydrogen) atoms. The third kappa shape index (κ3) is 5.24. The van der Waals surface area contributed by atoms with Gasteiger partial charge in [0.25, 0.3) is 11.8 Å². The van der Waals surface area contributed by atoms with Crippen LogP contribution in [0.5, 0.6) is 0 Å². The van der Waals surface area contributed by atoms with Crippen molar-refractivity contribution in [2.45, 2.75) is 19.1 Å². The molecule has 1 aliphatic heterocycles. The van der Waals surface area contributed by atoms with Crippen LogP contribution in [0.4, 0.5) is 13.2 Å². The molecule has 2 aromatic carbocycles. The average molecular weight is 481 g/mol. The zero-order valence-corrected chi connectivity index (χ0v) is 18.8. The van der Waals surface area contributed by atoms with E-state index in [4.69, 9.17) is 0 Å². The van der Waals surface area contributed by atoms with E-state index in [2.05, 4.69) is 4.98 Å². The molecular weight excluding hydrogens is 459 g/mol. The van der Waals surface area contributed by atoms with Crippen LogP contribution in [-0.2, 0) is 11.0 Å². The summed E-state index contributed by atoms with van der Waals surface area (Å²) in [6, 6.07) is 16.7. The van der Waals surface area contributed by atoms with E-state index in [9.17, 15) is 27.6 Å². The fourth-order valence-corrected chi connectivity index (χ4v) is 3.99. The molecule has 1 fully saturated rings. The highest BCUT2D eigenvalue weighted by Gasteiger charge is 2.33. The van der Waals surface area contributed by atoms with Crippen LogP contribution in [0.3, 0.4) is 0 Å². The molecule has 3 aromatic rings. The number of pyridine rings is 1. The van der Waals surface area contributed by atoms with Gasteiger partial charge in [0, 0.05) is 48.6 Å². The monoisotopic (exact) mass is 481 g/mol. The smallest absolute Gasteiger partial charge is 0.335 e. The molecule has 1 aliphatic rings. The Kier molecular flexibility index (Phi) is 6.68. The Balaban J connectivity index is 1.40. The number of Topliss-reactive ketones (excluding diaryl/α,β-unsaturated/α-hetero) is 1. The molecule has 0 N–H and O–H groups in total. The third-order valence-electron chi connectivity index (χ3n) is 5.92. The van der Waals surface area contributed by atoms with Crippen LogP contribution in [0.25, 0.3) is 11.3 Å². The number of amides is 2. The normalized spacial score (nSPS) is 16.2. The number of piperazine rings is 1. The fourth-order valence-electron chi connectivity index (χ4n) is 3.99. The van der Waals surface area contributed by atoms with Crippen molar-refractivity contribution in [1.82, 2.24) is 14.8 Å². The van der Waals surface area contributed by atoms with Crippen molar-refractivity contribution in [3.05, 3.63) is 89.6 Å². The van der Waals surface area contributed by atoms with E-state index in [1.165, 1.54) is 35.2 Å². The summed E-state index contributed by atoms with van der Waals surface area (Å²) in [4.78, 5) is 45.4. The van der Waals surface area contributed by atoms with Gasteiger partial charge in [0.2, 0.25) is 5.78 Å². The fraction of sp³-hybridized carbons (Fsp3) is 0.231. The van der Waals surface area contributed by atoms with E-state index in [1.807, 2.05) is 6.07 Å². The summed E-state index contributed by atoms with van der Waals surface area (Å²) in [5.41, 5.74) is 0.720. The molecule has 0 spiro atoms. The van der Waals surface area contributed by atoms with Crippen LogP contribution in [0.2, 0.25) is 0 Å². The summed E-state index contributed by atoms with van der Waals surface area (Å²) in [7, 11) is 0. The van der Waals surface area contributed by atoms with Crippen molar-refractivity contribution in [2.75, 3.05) is 19.6 Å². The quantitative estimate of drug-likeness (QED) is 0.411. The van der Waals surface area contributed by atoms with Crippen molar-refractivity contribution in [3.8, 4) is 11.3 Å². The topological polar surface area (TPSA) is 70.6 Å². The summed E-state index contributed by atoms with van der Waals surface area (Å²) in [5.74, 6) is -1.47. The van der Waals surface area contributed by atoms with Gasteiger partial charge >= 0.3 is 6.18 Å². The molecule has 1 saturated heterocycles. The first-order chi connectivity index (χ1) is 16.6. The van der Waals surface area contributed by atoms with Crippen molar-refractivity contribution in [2.24, 2.45) is 0 Å². The summed E-state index contributed by atoms with van der Waals surface area (Å²) in [6.45, 7) is 2.65. The number of rotatable bonds is 4. The minimum atomic E-state index is -4.47. The zero-order chi connectivity index (χ0) is 25.2. The molecule has 2 amide bonds. The van der Waals surface area contributed by atoms with Crippen molar-refractivity contribution >= 4 is 17.6 Å². The van der Waals surface area contributed by atoms with Crippen LogP contribution in [0.15, 0.2) is 72.9 Å². The standard InChI is InChI=1S/C26H22F3N3O3/c1-17-16-31(24(34)20-5-3-2-4-6-20)13-14-32(17)25(35)23(33)19-9-7-18(8-10-19)22-12-11-21(15-30-22)26(27,28)29/h2-12,15,17H,13-14,16H2,1H3/t17-/m1/s1. The van der Waals surface area contributed by atoms with Gasteiger partial charge in [-0.2, -0.15) is 13.2 Å². The summed E-state index contributed by atoms with van der Waals surface area (Å²) < 4.78 is 38.2. The predicted molar refractivity (Wildman–Crippen MR) is 123 cm³/mol. The predicted octanol–water partition coefficient (Wildman–Crippen LogP) is 4.32. The van der Waals surface area contributed by atoms with Crippen molar-refractivity contribution < 1.29 is 27.6 Å². The maximum absolute atomic E-state index is 12.9. The van der Waals surface area contributed by atoms with Gasteiger partial charge in [-0.25, -0.2) is 0 Å². The number of halogens is 3. The van der Waals surface area contributed by atoms with Gasteiger partial charge in [-0.15, -0.1) is 0 Å². The number of aromatic nitrogens is 1. The molecule has 0 bridgehead atoms. The number of carbonyl (C=O) groups excluding carboxylic acids is 3. The van der Waals surface area contributed by atoms with E-state index in [-0.39, 0.29) is 24.1 Å². The van der Waals surface area contributed by atoms with Crippen LogP contribution in [-0.4, -0.2) is 58.1 Å². The lowest BCUT2D eigenvalue weighted by molar-refractivity contribution is -0.137. The van der Waals surface area contributed by atoms with E-state index in [1.54, 1.807) is 36.1 Å². The molecule has 6 nitrogen and oxygen atoms in total. The molecule has 2 heterocycles. The number of alkyl halides is 3. The maximum Gasteiger partial charge on any atom is 0.417 e. The Morgan fingerprint density at radius 1 is 0.886 bits per heavy atom. The van der Waals surface area contributed by atoms with Gasteiger partial charge in [0.05, 0.1) is 11.3 Å². The van der Waals surface area contributed by atoms with Crippen molar-refractivity contribution in [3.63, 3.8) is 0 Å². The number of ketones is 1. The lowest BCUT2D eigenvalue weighted by Gasteiger charge is -2.39. The molecule has 0 saturated carbocycles. The summed E-state index contributed by atoms with van der Waals surface area (Å²) in [6.07, 6.45) is -3.72. The number of benzene rings is 2. The van der Waals surface area contributed by atoms with E-state index in [0.29, 0.717) is 29.9 Å². The Morgan fingerprint density at radius 2 is 1.57 bits per heavy atom. The second-order valence-electron chi connectivity index (χ2n) is 8.30. The first kappa shape index (κ1) is 24.1. The van der Waals surface area contributed by atoms with Crippen LogP contribution in [0.1, 0.15) is 33.2 Å². The zero-order valence-electron chi connectivity index (χ0n) is 18.8. The molecule has 4 rings (SSSR count). The summed E-state index contributed by atoms with van der Waals surface area (Å²) in [5, 5.41) is 0. The Hall–Kier alpha value is -4.01. The molecule has 0 unspecified atom stereocenters. The number of carbonyl (C=O) groups is 3. The Bertz CT molecular complexity index is 1230. The first-order valence-electron chi connectivity index (χ1n) is 11.0. The van der Waals surface area contributed by atoms with E-state index in [0.717, 1.165) is 12.3 Å². The Labute approximate surface area is 200 Å². The van der Waals surface area contributed by atoms with Gasteiger partial charge in [-0.05, 0) is 31.2 Å². The molecular formula is C26H22F3N3O3. The molecule has 1 aromatic heterocycles. The maximum atomic E-state index is 12.9. The molecule has 180 valence electrons. The largest absolute Gasteiger partial charge is 0.417 e. The summed E-state index contributed by atoms with van der Waals surface area (Å²) >= 11 is 0. The lowest BCUT2D eigenvalue weighted by Crippen LogP contribution is -2.56. The molecule has 0 radical (unpaired) electrons. The van der Waals surface area contributed by atoms with Gasteiger partial charge in [-0.1, -0.05) is 42.5 Å². The average Bonchev–Trinajstić information content (AvgIpc) is 2.87. The lowest BCUT2D eigenvalue weighted by atomic mass is 10.0. The second-order valence-corrected chi connectivity index (χ2v) is 8.30. The number of hydrogen-bond donors (Lipinski definition) is 0. The van der Waals surface area contributed by atoms with Crippen LogP contribution >= 0.6 is 0 Å². The van der Waals surface area contributed by atoms with Crippen LogP contribution < -0.4 is 0 Å². The van der Waals surface area contributed by atoms with Gasteiger partial charge in [0.1, 0.15) is 0 Å². The third-order valence-corrected chi connectivity index (χ3v) is 5.92. The van der Waals surface area contributed by atoms with E-state index >= 15 is 0 Å². The minimum Gasteiger partial charge on any atom is -0.335 e. The van der Waals surface area contributed by atoms with E-state index < -0.39 is 23.4 Å².